The van der Waals surface area contributed by atoms with Crippen molar-refractivity contribution in [1.82, 2.24) is 10.2 Å². The zero-order valence-electron chi connectivity index (χ0n) is 20.2. The standard InChI is InChI=1S/C24H34N2O7/c1-23(2,3)32-20(28)17(25-22(30)31-15-16-10-8-7-9-11-16)14-19(27)26-13-12-18(26)21(29)33-24(4,5)6/h7-11,17-18H,12-15H2,1-6H3,(H,25,30)/t17-,18-/m0/s1. The number of benzene rings is 1. The van der Waals surface area contributed by atoms with E-state index in [2.05, 4.69) is 5.32 Å². The van der Waals surface area contributed by atoms with Gasteiger partial charge in [-0.3, -0.25) is 4.79 Å². The fourth-order valence-corrected chi connectivity index (χ4v) is 3.07. The molecule has 0 spiro atoms. The Morgan fingerprint density at radius 2 is 1.61 bits per heavy atom. The number of ether oxygens (including phenoxy) is 3. The van der Waals surface area contributed by atoms with Crippen molar-refractivity contribution in [2.24, 2.45) is 0 Å². The summed E-state index contributed by atoms with van der Waals surface area (Å²) in [4.78, 5) is 51.6. The number of hydrogen-bond donors (Lipinski definition) is 1. The second kappa shape index (κ2) is 10.7. The van der Waals surface area contributed by atoms with Gasteiger partial charge in [0.25, 0.3) is 0 Å². The molecule has 2 rings (SSSR count). The van der Waals surface area contributed by atoms with E-state index in [9.17, 15) is 19.2 Å². The van der Waals surface area contributed by atoms with Crippen LogP contribution in [0, 0.1) is 0 Å². The van der Waals surface area contributed by atoms with Crippen LogP contribution in [0.4, 0.5) is 4.79 Å². The Kier molecular flexibility index (Phi) is 8.46. The lowest BCUT2D eigenvalue weighted by atomic mass is 10.0. The van der Waals surface area contributed by atoms with Crippen LogP contribution in [0.15, 0.2) is 30.3 Å². The summed E-state index contributed by atoms with van der Waals surface area (Å²) in [6, 6.07) is 7.08. The molecule has 0 aliphatic carbocycles. The third-order valence-corrected chi connectivity index (χ3v) is 4.59. The first-order chi connectivity index (χ1) is 15.2. The van der Waals surface area contributed by atoms with Gasteiger partial charge in [0.05, 0.1) is 6.42 Å². The highest BCUT2D eigenvalue weighted by Gasteiger charge is 2.41. The molecule has 0 bridgehead atoms. The van der Waals surface area contributed by atoms with Crippen LogP contribution < -0.4 is 5.32 Å². The van der Waals surface area contributed by atoms with Crippen molar-refractivity contribution in [3.05, 3.63) is 35.9 Å². The topological polar surface area (TPSA) is 111 Å². The maximum atomic E-state index is 12.9. The minimum atomic E-state index is -1.26. The van der Waals surface area contributed by atoms with Crippen LogP contribution in [0.2, 0.25) is 0 Å². The van der Waals surface area contributed by atoms with Gasteiger partial charge in [-0.25, -0.2) is 14.4 Å². The molecule has 2 amide bonds. The molecular formula is C24H34N2O7. The van der Waals surface area contributed by atoms with Crippen LogP contribution in [0.25, 0.3) is 0 Å². The Labute approximate surface area is 194 Å². The Morgan fingerprint density at radius 3 is 2.12 bits per heavy atom. The number of hydrogen-bond acceptors (Lipinski definition) is 7. The maximum absolute atomic E-state index is 12.9. The van der Waals surface area contributed by atoms with E-state index in [4.69, 9.17) is 14.2 Å². The highest BCUT2D eigenvalue weighted by atomic mass is 16.6. The molecule has 1 aliphatic rings. The molecule has 0 unspecified atom stereocenters. The van der Waals surface area contributed by atoms with E-state index in [0.717, 1.165) is 5.56 Å². The third kappa shape index (κ3) is 8.75. The minimum Gasteiger partial charge on any atom is -0.458 e. The normalized spacial score (nSPS) is 16.8. The molecule has 182 valence electrons. The second-order valence-electron chi connectivity index (χ2n) is 9.92. The summed E-state index contributed by atoms with van der Waals surface area (Å²) in [6.07, 6.45) is -0.742. The number of carbonyl (C=O) groups excluding carboxylic acids is 4. The van der Waals surface area contributed by atoms with Crippen LogP contribution in [0.3, 0.4) is 0 Å². The predicted molar refractivity (Wildman–Crippen MR) is 120 cm³/mol. The number of esters is 2. The van der Waals surface area contributed by atoms with Gasteiger partial charge in [0, 0.05) is 6.54 Å². The Morgan fingerprint density at radius 1 is 1.00 bits per heavy atom. The summed E-state index contributed by atoms with van der Waals surface area (Å²) >= 11 is 0. The van der Waals surface area contributed by atoms with Crippen molar-refractivity contribution in [3.63, 3.8) is 0 Å². The molecule has 1 fully saturated rings. The molecule has 1 aliphatic heterocycles. The quantitative estimate of drug-likeness (QED) is 0.490. The van der Waals surface area contributed by atoms with Gasteiger partial charge in [-0.15, -0.1) is 0 Å². The lowest BCUT2D eigenvalue weighted by Gasteiger charge is -2.40. The Bertz CT molecular complexity index is 856. The summed E-state index contributed by atoms with van der Waals surface area (Å²) in [5, 5.41) is 2.43. The van der Waals surface area contributed by atoms with Gasteiger partial charge in [-0.2, -0.15) is 0 Å². The van der Waals surface area contributed by atoms with E-state index in [1.165, 1.54) is 4.90 Å². The predicted octanol–water partition coefficient (Wildman–Crippen LogP) is 2.96. The summed E-state index contributed by atoms with van der Waals surface area (Å²) in [5.41, 5.74) is -0.716. The molecule has 9 nitrogen and oxygen atoms in total. The number of nitrogens with one attached hydrogen (secondary N) is 1. The number of carbonyl (C=O) groups is 4. The largest absolute Gasteiger partial charge is 0.458 e. The molecular weight excluding hydrogens is 428 g/mol. The molecule has 1 heterocycles. The van der Waals surface area contributed by atoms with Crippen molar-refractivity contribution in [2.75, 3.05) is 6.54 Å². The first-order valence-electron chi connectivity index (χ1n) is 11.0. The van der Waals surface area contributed by atoms with Crippen LogP contribution in [-0.4, -0.2) is 58.7 Å². The van der Waals surface area contributed by atoms with Crippen LogP contribution in [0.5, 0.6) is 0 Å². The van der Waals surface area contributed by atoms with Gasteiger partial charge in [-0.05, 0) is 53.5 Å². The number of alkyl carbamates (subject to hydrolysis) is 1. The molecule has 1 aromatic carbocycles. The van der Waals surface area contributed by atoms with Crippen molar-refractivity contribution in [1.29, 1.82) is 0 Å². The van der Waals surface area contributed by atoms with Crippen molar-refractivity contribution >= 4 is 23.9 Å². The molecule has 0 aromatic heterocycles. The first-order valence-corrected chi connectivity index (χ1v) is 11.0. The van der Waals surface area contributed by atoms with Crippen molar-refractivity contribution in [2.45, 2.75) is 84.3 Å². The lowest BCUT2D eigenvalue weighted by Crippen LogP contribution is -2.58. The van der Waals surface area contributed by atoms with E-state index in [1.807, 2.05) is 18.2 Å². The number of nitrogens with zero attached hydrogens (tertiary/aromatic N) is 1. The fourth-order valence-electron chi connectivity index (χ4n) is 3.07. The third-order valence-electron chi connectivity index (χ3n) is 4.59. The van der Waals surface area contributed by atoms with E-state index in [1.54, 1.807) is 53.7 Å². The lowest BCUT2D eigenvalue weighted by molar-refractivity contribution is -0.171. The van der Waals surface area contributed by atoms with Crippen LogP contribution in [0.1, 0.15) is 59.9 Å². The van der Waals surface area contributed by atoms with Crippen molar-refractivity contribution in [3.8, 4) is 0 Å². The van der Waals surface area contributed by atoms with E-state index < -0.39 is 47.2 Å². The highest BCUT2D eigenvalue weighted by molar-refractivity contribution is 5.91. The van der Waals surface area contributed by atoms with Gasteiger partial charge in [-0.1, -0.05) is 30.3 Å². The summed E-state index contributed by atoms with van der Waals surface area (Å²) in [7, 11) is 0. The highest BCUT2D eigenvalue weighted by Crippen LogP contribution is 2.23. The SMILES string of the molecule is CC(C)(C)OC(=O)[C@H](CC(=O)N1CC[C@H]1C(=O)OC(C)(C)C)NC(=O)OCc1ccccc1. The van der Waals surface area contributed by atoms with Crippen LogP contribution in [-0.2, 0) is 35.2 Å². The second-order valence-corrected chi connectivity index (χ2v) is 9.92. The molecule has 9 heteroatoms. The maximum Gasteiger partial charge on any atom is 0.408 e. The Balaban J connectivity index is 2.02. The molecule has 33 heavy (non-hydrogen) atoms. The Hall–Kier alpha value is -3.10. The zero-order valence-corrected chi connectivity index (χ0v) is 20.2. The molecule has 1 N–H and O–H groups in total. The average molecular weight is 463 g/mol. The summed E-state index contributed by atoms with van der Waals surface area (Å²) in [5.74, 6) is -1.72. The van der Waals surface area contributed by atoms with Gasteiger partial charge in [0.1, 0.15) is 29.9 Å². The van der Waals surface area contributed by atoms with E-state index in [-0.39, 0.29) is 13.0 Å². The fraction of sp³-hybridized carbons (Fsp3) is 0.583. The summed E-state index contributed by atoms with van der Waals surface area (Å²) in [6.45, 7) is 10.7. The number of amides is 2. The number of likely N-dealkylation sites (tertiary alicyclic amines) is 1. The van der Waals surface area contributed by atoms with Gasteiger partial charge < -0.3 is 24.4 Å². The monoisotopic (exact) mass is 462 g/mol. The summed E-state index contributed by atoms with van der Waals surface area (Å²) < 4.78 is 15.9. The van der Waals surface area contributed by atoms with E-state index >= 15 is 0 Å². The van der Waals surface area contributed by atoms with Gasteiger partial charge >= 0.3 is 18.0 Å². The molecule has 0 saturated carbocycles. The van der Waals surface area contributed by atoms with E-state index in [0.29, 0.717) is 13.0 Å². The minimum absolute atomic E-state index is 0.00843. The molecule has 1 saturated heterocycles. The first kappa shape index (κ1) is 26.2. The van der Waals surface area contributed by atoms with Crippen molar-refractivity contribution < 1.29 is 33.4 Å². The number of rotatable bonds is 7. The van der Waals surface area contributed by atoms with Gasteiger partial charge in [0.15, 0.2) is 0 Å². The molecule has 0 radical (unpaired) electrons. The van der Waals surface area contributed by atoms with Gasteiger partial charge in [0.2, 0.25) is 5.91 Å². The average Bonchev–Trinajstić information content (AvgIpc) is 2.62. The zero-order chi connectivity index (χ0) is 24.8. The smallest absolute Gasteiger partial charge is 0.408 e. The van der Waals surface area contributed by atoms with Crippen LogP contribution >= 0.6 is 0 Å². The molecule has 2 atom stereocenters. The molecule has 1 aromatic rings.